The third-order valence-corrected chi connectivity index (χ3v) is 2.51. The molecule has 6 nitrogen and oxygen atoms in total. The maximum Gasteiger partial charge on any atom is 1.00 e. The number of nitrogens with zero attached hydrogens (tertiary/aromatic N) is 2. The minimum Gasteiger partial charge on any atom is -0.744 e. The smallest absolute Gasteiger partial charge is 0.744 e. The van der Waals surface area contributed by atoms with Gasteiger partial charge in [-0.25, -0.2) is 8.42 Å². The molecule has 0 saturated heterocycles. The van der Waals surface area contributed by atoms with Crippen LogP contribution in [0.2, 0.25) is 0 Å². The number of rotatable bonds is 3. The fourth-order valence-corrected chi connectivity index (χ4v) is 1.64. The van der Waals surface area contributed by atoms with Crippen LogP contribution in [0.3, 0.4) is 0 Å². The van der Waals surface area contributed by atoms with Gasteiger partial charge in [-0.05, 0) is 18.2 Å². The Labute approximate surface area is 116 Å². The van der Waals surface area contributed by atoms with Crippen LogP contribution in [-0.4, -0.2) is 27.1 Å². The molecule has 0 aliphatic rings. The van der Waals surface area contributed by atoms with Gasteiger partial charge in [0.2, 0.25) is 0 Å². The molecule has 0 bridgehead atoms. The first-order valence-electron chi connectivity index (χ1n) is 3.93. The van der Waals surface area contributed by atoms with Gasteiger partial charge in [-0.2, -0.15) is 10.2 Å². The van der Waals surface area contributed by atoms with Crippen molar-refractivity contribution < 1.29 is 47.3 Å². The van der Waals surface area contributed by atoms with Crippen LogP contribution in [0, 0.1) is 0 Å². The quantitative estimate of drug-likeness (QED) is 0.365. The number of benzene rings is 1. The van der Waals surface area contributed by atoms with Gasteiger partial charge in [-0.1, -0.05) is 0 Å². The van der Waals surface area contributed by atoms with Gasteiger partial charge in [-0.3, -0.25) is 0 Å². The largest absolute Gasteiger partial charge is 1.00 e. The van der Waals surface area contributed by atoms with Crippen molar-refractivity contribution in [2.24, 2.45) is 10.2 Å². The molecule has 0 unspecified atom stereocenters. The molecular formula is C8H9N2NaO4S. The summed E-state index contributed by atoms with van der Waals surface area (Å²) < 4.78 is 37.5. The summed E-state index contributed by atoms with van der Waals surface area (Å²) in [4.78, 5) is -0.438. The third kappa shape index (κ3) is 3.84. The Bertz CT molecular complexity index is 487. The molecule has 0 atom stereocenters. The van der Waals surface area contributed by atoms with Gasteiger partial charge in [0.15, 0.2) is 0 Å². The van der Waals surface area contributed by atoms with Gasteiger partial charge < -0.3 is 9.29 Å². The zero-order chi connectivity index (χ0) is 11.5. The summed E-state index contributed by atoms with van der Waals surface area (Å²) in [6.07, 6.45) is 0. The number of hydrogen-bond acceptors (Lipinski definition) is 6. The van der Waals surface area contributed by atoms with Crippen molar-refractivity contribution in [1.82, 2.24) is 0 Å². The Morgan fingerprint density at radius 3 is 2.44 bits per heavy atom. The second-order valence-electron chi connectivity index (χ2n) is 2.59. The molecule has 0 N–H and O–H groups in total. The number of ether oxygens (including phenoxy) is 1. The van der Waals surface area contributed by atoms with E-state index in [0.29, 0.717) is 0 Å². The van der Waals surface area contributed by atoms with Crippen LogP contribution >= 0.6 is 0 Å². The van der Waals surface area contributed by atoms with Crippen molar-refractivity contribution in [3.63, 3.8) is 0 Å². The Kier molecular flexibility index (Phi) is 6.13. The molecule has 0 aliphatic heterocycles. The molecule has 0 amide bonds. The van der Waals surface area contributed by atoms with Gasteiger partial charge in [0, 0.05) is 7.05 Å². The van der Waals surface area contributed by atoms with Crippen molar-refractivity contribution in [2.75, 3.05) is 14.2 Å². The monoisotopic (exact) mass is 252 g/mol. The van der Waals surface area contributed by atoms with E-state index in [4.69, 9.17) is 4.74 Å². The third-order valence-electron chi connectivity index (χ3n) is 1.64. The summed E-state index contributed by atoms with van der Waals surface area (Å²) >= 11 is 0. The molecule has 0 radical (unpaired) electrons. The van der Waals surface area contributed by atoms with E-state index in [1.165, 1.54) is 26.3 Å². The van der Waals surface area contributed by atoms with Crippen LogP contribution in [0.4, 0.5) is 5.69 Å². The van der Waals surface area contributed by atoms with E-state index < -0.39 is 15.0 Å². The normalized spacial score (nSPS) is 11.2. The molecule has 0 aliphatic carbocycles. The molecule has 1 rings (SSSR count). The molecule has 0 heterocycles. The average molecular weight is 252 g/mol. The second kappa shape index (κ2) is 6.31. The zero-order valence-corrected chi connectivity index (χ0v) is 12.0. The molecule has 82 valence electrons. The SMILES string of the molecule is CN=Nc1ccc(OC)cc1S(=O)(=O)[O-].[Na+]. The van der Waals surface area contributed by atoms with Crippen LogP contribution in [-0.2, 0) is 10.1 Å². The first-order chi connectivity index (χ1) is 6.99. The molecule has 0 fully saturated rings. The van der Waals surface area contributed by atoms with Crippen molar-refractivity contribution >= 4 is 15.8 Å². The number of azo groups is 1. The first kappa shape index (κ1) is 15.5. The summed E-state index contributed by atoms with van der Waals surface area (Å²) in [7, 11) is -1.82. The van der Waals surface area contributed by atoms with E-state index in [9.17, 15) is 13.0 Å². The fraction of sp³-hybridized carbons (Fsp3) is 0.250. The summed E-state index contributed by atoms with van der Waals surface area (Å²) in [5, 5.41) is 6.96. The Hall–Kier alpha value is -0.470. The van der Waals surface area contributed by atoms with Crippen LogP contribution in [0.1, 0.15) is 0 Å². The Morgan fingerprint density at radius 2 is 2.00 bits per heavy atom. The maximum atomic E-state index is 10.9. The topological polar surface area (TPSA) is 91.2 Å². The first-order valence-corrected chi connectivity index (χ1v) is 5.33. The van der Waals surface area contributed by atoms with Gasteiger partial charge in [0.25, 0.3) is 0 Å². The minimum absolute atomic E-state index is 0. The molecule has 0 saturated carbocycles. The van der Waals surface area contributed by atoms with Crippen molar-refractivity contribution in [2.45, 2.75) is 4.90 Å². The van der Waals surface area contributed by atoms with Crippen molar-refractivity contribution in [3.8, 4) is 5.75 Å². The molecule has 16 heavy (non-hydrogen) atoms. The standard InChI is InChI=1S/C8H10N2O4S.Na/c1-9-10-7-4-3-6(14-2)5-8(7)15(11,12)13;/h3-5H,1-2H3,(H,11,12,13);/q;+1/p-1. The van der Waals surface area contributed by atoms with Gasteiger partial charge >= 0.3 is 29.6 Å². The molecule has 0 spiro atoms. The molecule has 8 heteroatoms. The van der Waals surface area contributed by atoms with E-state index >= 15 is 0 Å². The Balaban J connectivity index is 0.00000225. The Morgan fingerprint density at radius 1 is 1.38 bits per heavy atom. The molecule has 0 aromatic heterocycles. The number of hydrogen-bond donors (Lipinski definition) is 0. The van der Waals surface area contributed by atoms with E-state index in [1.807, 2.05) is 0 Å². The molecule has 1 aromatic rings. The van der Waals surface area contributed by atoms with E-state index in [1.54, 1.807) is 0 Å². The van der Waals surface area contributed by atoms with E-state index in [0.717, 1.165) is 6.07 Å². The van der Waals surface area contributed by atoms with Crippen LogP contribution < -0.4 is 34.3 Å². The van der Waals surface area contributed by atoms with E-state index in [-0.39, 0.29) is 41.0 Å². The van der Waals surface area contributed by atoms with E-state index in [2.05, 4.69) is 10.2 Å². The van der Waals surface area contributed by atoms with Gasteiger partial charge in [-0.15, -0.1) is 0 Å². The predicted molar refractivity (Wildman–Crippen MR) is 51.4 cm³/mol. The van der Waals surface area contributed by atoms with Gasteiger partial charge in [0.1, 0.15) is 21.6 Å². The fourth-order valence-electron chi connectivity index (χ4n) is 1.01. The summed E-state index contributed by atoms with van der Waals surface area (Å²) in [6.45, 7) is 0. The van der Waals surface area contributed by atoms with Gasteiger partial charge in [0.05, 0.1) is 12.0 Å². The molecule has 1 aromatic carbocycles. The predicted octanol–water partition coefficient (Wildman–Crippen LogP) is -1.68. The van der Waals surface area contributed by atoms with Crippen LogP contribution in [0.5, 0.6) is 5.75 Å². The summed E-state index contributed by atoms with van der Waals surface area (Å²) in [5.74, 6) is 0.277. The molecular weight excluding hydrogens is 243 g/mol. The van der Waals surface area contributed by atoms with Crippen molar-refractivity contribution in [1.29, 1.82) is 0 Å². The van der Waals surface area contributed by atoms with Crippen molar-refractivity contribution in [3.05, 3.63) is 18.2 Å². The number of methoxy groups -OCH3 is 1. The average Bonchev–Trinajstić information content (AvgIpc) is 2.17. The maximum absolute atomic E-state index is 10.9. The van der Waals surface area contributed by atoms with Crippen LogP contribution in [0.25, 0.3) is 0 Å². The minimum atomic E-state index is -4.57. The summed E-state index contributed by atoms with van der Waals surface area (Å²) in [6, 6.07) is 3.97. The summed E-state index contributed by atoms with van der Waals surface area (Å²) in [5.41, 5.74) is 0.00769. The second-order valence-corrected chi connectivity index (χ2v) is 3.94. The van der Waals surface area contributed by atoms with Crippen LogP contribution in [0.15, 0.2) is 33.3 Å². The zero-order valence-electron chi connectivity index (χ0n) is 9.17.